The normalized spacial score (nSPS) is 11.2. The fourth-order valence-corrected chi connectivity index (χ4v) is 2.55. The van der Waals surface area contributed by atoms with E-state index in [9.17, 15) is 18.0 Å². The van der Waals surface area contributed by atoms with E-state index in [1.807, 2.05) is 0 Å². The van der Waals surface area contributed by atoms with Gasteiger partial charge in [-0.05, 0) is 29.8 Å². The van der Waals surface area contributed by atoms with Gasteiger partial charge in [-0.2, -0.15) is 13.2 Å². The molecule has 0 radical (unpaired) electrons. The topological polar surface area (TPSA) is 39.2 Å². The predicted molar refractivity (Wildman–Crippen MR) is 86.1 cm³/mol. The van der Waals surface area contributed by atoms with Crippen LogP contribution in [0.3, 0.4) is 0 Å². The Morgan fingerprint density at radius 3 is 2.46 bits per heavy atom. The molecule has 0 saturated carbocycles. The number of hydrogen-bond donors (Lipinski definition) is 0. The van der Waals surface area contributed by atoms with Gasteiger partial charge in [-0.15, -0.1) is 0 Å². The molecule has 0 aliphatic heterocycles. The van der Waals surface area contributed by atoms with Crippen molar-refractivity contribution in [1.29, 1.82) is 0 Å². The molecule has 0 aliphatic rings. The van der Waals surface area contributed by atoms with Crippen LogP contribution in [-0.2, 0) is 10.9 Å². The van der Waals surface area contributed by atoms with Gasteiger partial charge >= 0.3 is 12.1 Å². The zero-order valence-electron chi connectivity index (χ0n) is 12.2. The van der Waals surface area contributed by atoms with Gasteiger partial charge in [0.15, 0.2) is 5.69 Å². The minimum Gasteiger partial charge on any atom is -0.464 e. The first-order valence-electron chi connectivity index (χ1n) is 6.47. The number of esters is 1. The van der Waals surface area contributed by atoms with Crippen LogP contribution in [0.5, 0.6) is 0 Å². The first kappa shape index (κ1) is 18.3. The van der Waals surface area contributed by atoms with Crippen molar-refractivity contribution in [3.8, 4) is 11.3 Å². The van der Waals surface area contributed by atoms with Crippen molar-refractivity contribution in [3.63, 3.8) is 0 Å². The highest BCUT2D eigenvalue weighted by Gasteiger charge is 2.32. The smallest absolute Gasteiger partial charge is 0.416 e. The third kappa shape index (κ3) is 3.55. The van der Waals surface area contributed by atoms with Crippen molar-refractivity contribution in [2.45, 2.75) is 6.18 Å². The minimum absolute atomic E-state index is 0.0498. The maximum atomic E-state index is 12.9. The van der Waals surface area contributed by atoms with Gasteiger partial charge in [0.05, 0.1) is 28.4 Å². The van der Waals surface area contributed by atoms with Gasteiger partial charge in [-0.3, -0.25) is 0 Å². The third-order valence-corrected chi connectivity index (χ3v) is 3.75. The third-order valence-electron chi connectivity index (χ3n) is 3.15. The molecule has 1 aromatic heterocycles. The molecule has 24 heavy (non-hydrogen) atoms. The molecule has 8 heteroatoms. The van der Waals surface area contributed by atoms with Crippen LogP contribution in [-0.4, -0.2) is 18.1 Å². The van der Waals surface area contributed by atoms with Crippen LogP contribution < -0.4 is 0 Å². The van der Waals surface area contributed by atoms with Crippen LogP contribution in [0.2, 0.25) is 10.0 Å². The van der Waals surface area contributed by atoms with E-state index < -0.39 is 17.7 Å². The second-order valence-corrected chi connectivity index (χ2v) is 5.46. The molecular weight excluding hydrogens is 366 g/mol. The fourth-order valence-electron chi connectivity index (χ4n) is 2.04. The number of benzene rings is 1. The maximum Gasteiger partial charge on any atom is 0.416 e. The quantitative estimate of drug-likeness (QED) is 0.664. The van der Waals surface area contributed by atoms with Crippen molar-refractivity contribution >= 4 is 35.2 Å². The Hall–Kier alpha value is -2.05. The van der Waals surface area contributed by atoms with E-state index in [2.05, 4.69) is 16.3 Å². The van der Waals surface area contributed by atoms with Crippen molar-refractivity contribution in [1.82, 2.24) is 4.98 Å². The van der Waals surface area contributed by atoms with Crippen molar-refractivity contribution in [3.05, 3.63) is 57.7 Å². The summed E-state index contributed by atoms with van der Waals surface area (Å²) in [4.78, 5) is 15.7. The van der Waals surface area contributed by atoms with E-state index in [1.54, 1.807) is 0 Å². The number of methoxy groups -OCH3 is 1. The van der Waals surface area contributed by atoms with Gasteiger partial charge < -0.3 is 4.74 Å². The summed E-state index contributed by atoms with van der Waals surface area (Å²) < 4.78 is 43.3. The number of rotatable bonds is 3. The minimum atomic E-state index is -4.55. The SMILES string of the molecule is C=Cc1cc(C(F)(F)F)cc(Cl)c1-c1ccc(Cl)c(C(=O)OC)n1. The lowest BCUT2D eigenvalue weighted by atomic mass is 10.00. The monoisotopic (exact) mass is 375 g/mol. The predicted octanol–water partition coefficient (Wildman–Crippen LogP) is 5.50. The van der Waals surface area contributed by atoms with Crippen LogP contribution in [0.25, 0.3) is 17.3 Å². The molecule has 0 atom stereocenters. The highest BCUT2D eigenvalue weighted by Crippen LogP contribution is 2.38. The van der Waals surface area contributed by atoms with Crippen LogP contribution in [0.4, 0.5) is 13.2 Å². The standard InChI is InChI=1S/C16H10Cl2F3NO2/c1-3-8-6-9(16(19,20)21)7-11(18)13(8)12-5-4-10(17)14(22-12)15(23)24-2/h3-7H,1H2,2H3. The summed E-state index contributed by atoms with van der Waals surface area (Å²) in [6.45, 7) is 3.50. The van der Waals surface area contributed by atoms with Gasteiger partial charge in [0.2, 0.25) is 0 Å². The van der Waals surface area contributed by atoms with Crippen LogP contribution in [0.1, 0.15) is 21.6 Å². The number of halogens is 5. The molecule has 0 saturated heterocycles. The Balaban J connectivity index is 2.69. The van der Waals surface area contributed by atoms with E-state index in [0.717, 1.165) is 19.2 Å². The van der Waals surface area contributed by atoms with Crippen molar-refractivity contribution in [2.24, 2.45) is 0 Å². The Labute approximate surface area is 145 Å². The van der Waals surface area contributed by atoms with Crippen LogP contribution in [0.15, 0.2) is 30.8 Å². The van der Waals surface area contributed by atoms with E-state index >= 15 is 0 Å². The summed E-state index contributed by atoms with van der Waals surface area (Å²) in [6, 6.07) is 4.52. The number of pyridine rings is 1. The maximum absolute atomic E-state index is 12.9. The first-order valence-corrected chi connectivity index (χ1v) is 7.23. The van der Waals surface area contributed by atoms with E-state index in [4.69, 9.17) is 23.2 Å². The van der Waals surface area contributed by atoms with Gasteiger partial charge in [-0.25, -0.2) is 9.78 Å². The Bertz CT molecular complexity index is 820. The van der Waals surface area contributed by atoms with Gasteiger partial charge in [-0.1, -0.05) is 35.9 Å². The molecular formula is C16H10Cl2F3NO2. The van der Waals surface area contributed by atoms with Crippen molar-refractivity contribution < 1.29 is 22.7 Å². The number of carbonyl (C=O) groups is 1. The number of nitrogens with zero attached hydrogens (tertiary/aromatic N) is 1. The molecule has 3 nitrogen and oxygen atoms in total. The van der Waals surface area contributed by atoms with Crippen molar-refractivity contribution in [2.75, 3.05) is 7.11 Å². The number of carbonyl (C=O) groups excluding carboxylic acids is 1. The van der Waals surface area contributed by atoms with E-state index in [0.29, 0.717) is 0 Å². The average Bonchev–Trinajstić information content (AvgIpc) is 2.53. The number of hydrogen-bond acceptors (Lipinski definition) is 3. The molecule has 0 spiro atoms. The van der Waals surface area contributed by atoms with Gasteiger partial charge in [0, 0.05) is 5.56 Å². The lowest BCUT2D eigenvalue weighted by Gasteiger charge is -2.14. The highest BCUT2D eigenvalue weighted by molar-refractivity contribution is 6.34. The van der Waals surface area contributed by atoms with Gasteiger partial charge in [0.1, 0.15) is 0 Å². The second-order valence-electron chi connectivity index (χ2n) is 4.64. The molecule has 0 bridgehead atoms. The van der Waals surface area contributed by atoms with E-state index in [-0.39, 0.29) is 32.6 Å². The van der Waals surface area contributed by atoms with Gasteiger partial charge in [0.25, 0.3) is 0 Å². The second kappa shape index (κ2) is 6.83. The van der Waals surface area contributed by atoms with Crippen LogP contribution in [0, 0.1) is 0 Å². The summed E-state index contributed by atoms with van der Waals surface area (Å²) in [5, 5.41) is -0.126. The fraction of sp³-hybridized carbons (Fsp3) is 0.125. The molecule has 2 aromatic rings. The molecule has 0 N–H and O–H groups in total. The molecule has 126 valence electrons. The molecule has 1 heterocycles. The Kier molecular flexibility index (Phi) is 5.20. The summed E-state index contributed by atoms with van der Waals surface area (Å²) in [7, 11) is 1.16. The summed E-state index contributed by atoms with van der Waals surface area (Å²) in [6.07, 6.45) is -3.32. The average molecular weight is 376 g/mol. The molecule has 0 aliphatic carbocycles. The Morgan fingerprint density at radius 1 is 1.25 bits per heavy atom. The lowest BCUT2D eigenvalue weighted by Crippen LogP contribution is -2.08. The number of alkyl halides is 3. The highest BCUT2D eigenvalue weighted by atomic mass is 35.5. The van der Waals surface area contributed by atoms with E-state index in [1.165, 1.54) is 18.2 Å². The molecule has 2 rings (SSSR count). The first-order chi connectivity index (χ1) is 11.2. The zero-order valence-corrected chi connectivity index (χ0v) is 13.8. The summed E-state index contributed by atoms with van der Waals surface area (Å²) >= 11 is 11.9. The molecule has 0 unspecified atom stereocenters. The lowest BCUT2D eigenvalue weighted by molar-refractivity contribution is -0.137. The molecule has 0 amide bonds. The molecule has 1 aromatic carbocycles. The zero-order chi connectivity index (χ0) is 18.1. The van der Waals surface area contributed by atoms with Crippen LogP contribution >= 0.6 is 23.2 Å². The largest absolute Gasteiger partial charge is 0.464 e. The summed E-state index contributed by atoms with van der Waals surface area (Å²) in [5.41, 5.74) is -0.564. The number of aromatic nitrogens is 1. The molecule has 0 fully saturated rings. The summed E-state index contributed by atoms with van der Waals surface area (Å²) in [5.74, 6) is -0.773. The number of ether oxygens (including phenoxy) is 1. The Morgan fingerprint density at radius 2 is 1.92 bits per heavy atom.